The molecule has 11 rings (SSSR count). The number of aryl methyl sites for hydroxylation is 2. The van der Waals surface area contributed by atoms with Gasteiger partial charge in [-0.05, 0) is 158 Å². The summed E-state index contributed by atoms with van der Waals surface area (Å²) >= 11 is 9.64. The van der Waals surface area contributed by atoms with E-state index in [0.29, 0.717) is 23.8 Å². The van der Waals surface area contributed by atoms with E-state index in [9.17, 15) is 19.5 Å². The molecule has 2 aromatic carbocycles. The molecule has 464 valence electrons. The summed E-state index contributed by atoms with van der Waals surface area (Å²) in [6, 6.07) is 17.8. The van der Waals surface area contributed by atoms with Crippen LogP contribution in [-0.2, 0) is 33.3 Å². The Kier molecular flexibility index (Phi) is 19.6. The zero-order valence-corrected chi connectivity index (χ0v) is 59.3. The normalized spacial score (nSPS) is 21.1. The van der Waals surface area contributed by atoms with Crippen LogP contribution in [0.25, 0.3) is 31.7 Å². The number of nitrogens with zero attached hydrogens (tertiary/aromatic N) is 2. The minimum atomic E-state index is -0.974. The number of carbonyl (C=O) groups excluding carboxylic acids is 3. The van der Waals surface area contributed by atoms with Gasteiger partial charge in [0.25, 0.3) is 0 Å². The topological polar surface area (TPSA) is 87.0 Å². The predicted molar refractivity (Wildman–Crippen MR) is 380 cm³/mol. The van der Waals surface area contributed by atoms with E-state index in [4.69, 9.17) is 4.99 Å². The van der Waals surface area contributed by atoms with Crippen LogP contribution in [0, 0.1) is 43.4 Å². The van der Waals surface area contributed by atoms with Crippen LogP contribution in [0.2, 0.25) is 0 Å². The van der Waals surface area contributed by atoms with E-state index in [1.54, 1.807) is 34.0 Å². The van der Waals surface area contributed by atoms with Crippen LogP contribution in [0.5, 0.6) is 0 Å². The van der Waals surface area contributed by atoms with Crippen molar-refractivity contribution in [3.8, 4) is 9.75 Å². The number of aliphatic imine (C=N–C) groups is 1. The maximum atomic E-state index is 14.9. The van der Waals surface area contributed by atoms with E-state index in [-0.39, 0.29) is 44.7 Å². The summed E-state index contributed by atoms with van der Waals surface area (Å²) in [5.41, 5.74) is 10.7. The second-order valence-corrected chi connectivity index (χ2v) is 33.9. The number of hydrogen-bond acceptors (Lipinski definition) is 12. The third-order valence-corrected chi connectivity index (χ3v) is 28.0. The van der Waals surface area contributed by atoms with Gasteiger partial charge in [-0.15, -0.1) is 45.3 Å². The Balaban J connectivity index is 0.988. The molecule has 0 amide bonds. The van der Waals surface area contributed by atoms with Gasteiger partial charge in [0.05, 0.1) is 34.5 Å². The maximum absolute atomic E-state index is 14.9. The summed E-state index contributed by atoms with van der Waals surface area (Å²) in [4.78, 5) is 62.2. The molecule has 1 saturated carbocycles. The minimum Gasteiger partial charge on any atom is -0.369 e. The molecule has 4 aromatic heterocycles. The summed E-state index contributed by atoms with van der Waals surface area (Å²) in [5, 5.41) is 16.2. The van der Waals surface area contributed by atoms with Gasteiger partial charge >= 0.3 is 0 Å². The van der Waals surface area contributed by atoms with Crippen molar-refractivity contribution in [2.45, 2.75) is 236 Å². The standard InChI is InChI=1S/C75H94N2O4S6/c1-15-21-22-23-24-25-26-42(9)35-48-37-55(83-66(48)61-68-69(87-72(61)80)62(73(81)86-68)67-47(34-41(7)8)38-58(84-67)74(13,19-5)33-16-2)56-39-54(45(12)82-56)77-64(43(10)17-3)51-30-29-50-59-52(31-32-53(60(51)59)71(77)79)65(78)49(18-4)63(50)76-70-44(11)36-57(85-70)75(14,20-6)40-46-27-28-46/h29-32,36-39,41-43,46,49,64,71,79H,15-28,33-35,40H2,1-14H3/b76-63+/t42?,43?,49?,64?,71?,74?,75-/m1/s1. The molecule has 3 aliphatic heterocycles. The molecular weight excluding hydrogens is 1190 g/mol. The van der Waals surface area contributed by atoms with E-state index in [1.807, 2.05) is 23.5 Å². The van der Waals surface area contributed by atoms with Crippen LogP contribution >= 0.6 is 68.9 Å². The Morgan fingerprint density at radius 3 is 1.95 bits per heavy atom. The van der Waals surface area contributed by atoms with Crippen LogP contribution in [0.15, 0.2) is 63.3 Å². The Bertz CT molecular complexity index is 3720. The quantitative estimate of drug-likeness (QED) is 0.0514. The lowest BCUT2D eigenvalue weighted by Crippen LogP contribution is -2.40. The van der Waals surface area contributed by atoms with Gasteiger partial charge in [0.2, 0.25) is 10.2 Å². The number of fused-ring (bicyclic) bond motifs is 1. The summed E-state index contributed by atoms with van der Waals surface area (Å²) in [6.07, 6.45) is 19.2. The number of benzene rings is 2. The first kappa shape index (κ1) is 64.6. The molecule has 1 N–H and O–H groups in total. The van der Waals surface area contributed by atoms with Crippen molar-refractivity contribution in [3.63, 3.8) is 0 Å². The highest BCUT2D eigenvalue weighted by Crippen LogP contribution is 2.61. The van der Waals surface area contributed by atoms with E-state index in [0.717, 1.165) is 146 Å². The zero-order valence-electron chi connectivity index (χ0n) is 54.4. The van der Waals surface area contributed by atoms with Crippen molar-refractivity contribution < 1.29 is 19.5 Å². The number of thioether (sulfide) groups is 2. The SMILES string of the molecule is CCCCCCCCC(C)Cc1cc(-c2cc(N3C(O)c4ccc5c6c(ccc(c46)C3C(C)CC)/C(=N/c3sc([C@](C)(CC)CC4CC4)cc3C)C(CC)C5=O)c(C)s2)sc1C1=C2SC(=O)C(c3sc(C(C)(CC)CCC)cc3CC(C)C)=C2SC1=O. The van der Waals surface area contributed by atoms with Crippen LogP contribution in [0.3, 0.4) is 0 Å². The molecule has 0 bridgehead atoms. The number of aliphatic hydroxyl groups is 1. The third-order valence-electron chi connectivity index (χ3n) is 20.5. The van der Waals surface area contributed by atoms with Crippen LogP contribution in [-0.4, -0.2) is 26.8 Å². The molecule has 6 aromatic rings. The highest BCUT2D eigenvalue weighted by molar-refractivity contribution is 8.25. The molecule has 0 spiro atoms. The molecule has 87 heavy (non-hydrogen) atoms. The average Bonchev–Trinajstić information content (AvgIpc) is 1.30. The summed E-state index contributed by atoms with van der Waals surface area (Å²) in [5.74, 6) is 1.56. The number of thiophene rings is 4. The van der Waals surface area contributed by atoms with Crippen molar-refractivity contribution in [1.29, 1.82) is 0 Å². The molecule has 2 aliphatic carbocycles. The third kappa shape index (κ3) is 12.2. The predicted octanol–water partition coefficient (Wildman–Crippen LogP) is 23.0. The van der Waals surface area contributed by atoms with Gasteiger partial charge in [0, 0.05) is 76.9 Å². The largest absolute Gasteiger partial charge is 0.369 e. The Hall–Kier alpha value is -3.88. The van der Waals surface area contributed by atoms with E-state index in [2.05, 4.69) is 138 Å². The lowest BCUT2D eigenvalue weighted by molar-refractivity contribution is -0.106. The lowest BCUT2D eigenvalue weighted by atomic mass is 9.73. The first-order chi connectivity index (χ1) is 41.7. The van der Waals surface area contributed by atoms with Crippen molar-refractivity contribution >= 4 is 123 Å². The summed E-state index contributed by atoms with van der Waals surface area (Å²) in [7, 11) is 0. The van der Waals surface area contributed by atoms with Gasteiger partial charge in [-0.25, -0.2) is 4.99 Å². The number of rotatable bonds is 27. The highest BCUT2D eigenvalue weighted by Gasteiger charge is 2.46. The van der Waals surface area contributed by atoms with Crippen molar-refractivity contribution in [3.05, 3.63) is 122 Å². The Labute approximate surface area is 545 Å². The van der Waals surface area contributed by atoms with E-state index in [1.165, 1.54) is 108 Å². The fourth-order valence-electron chi connectivity index (χ4n) is 14.7. The summed E-state index contributed by atoms with van der Waals surface area (Å²) in [6.45, 7) is 31.9. The smallest absolute Gasteiger partial charge is 0.226 e. The molecule has 6 nitrogen and oxygen atoms in total. The minimum absolute atomic E-state index is 0.0291. The van der Waals surface area contributed by atoms with Gasteiger partial charge in [-0.1, -0.05) is 178 Å². The molecular formula is C75H94N2O4S6. The van der Waals surface area contributed by atoms with Crippen molar-refractivity contribution in [1.82, 2.24) is 0 Å². The number of ketones is 1. The van der Waals surface area contributed by atoms with Gasteiger partial charge in [0.15, 0.2) is 12.0 Å². The Morgan fingerprint density at radius 1 is 0.678 bits per heavy atom. The van der Waals surface area contributed by atoms with Crippen molar-refractivity contribution in [2.24, 2.45) is 34.6 Å². The van der Waals surface area contributed by atoms with Gasteiger partial charge in [-0.2, -0.15) is 0 Å². The molecule has 12 heteroatoms. The van der Waals surface area contributed by atoms with Gasteiger partial charge in [0.1, 0.15) is 5.00 Å². The molecule has 5 aliphatic rings. The van der Waals surface area contributed by atoms with Gasteiger partial charge < -0.3 is 10.0 Å². The number of aliphatic hydroxyl groups excluding tert-OH is 1. The maximum Gasteiger partial charge on any atom is 0.226 e. The van der Waals surface area contributed by atoms with E-state index < -0.39 is 6.23 Å². The molecule has 0 saturated heterocycles. The first-order valence-corrected chi connectivity index (χ1v) is 38.2. The monoisotopic (exact) mass is 1280 g/mol. The molecule has 7 heterocycles. The average molecular weight is 1280 g/mol. The van der Waals surface area contributed by atoms with Crippen molar-refractivity contribution in [2.75, 3.05) is 4.90 Å². The van der Waals surface area contributed by atoms with Crippen LogP contribution < -0.4 is 4.90 Å². The van der Waals surface area contributed by atoms with Gasteiger partial charge in [-0.3, -0.25) is 14.4 Å². The lowest BCUT2D eigenvalue weighted by Gasteiger charge is -2.45. The van der Waals surface area contributed by atoms with Crippen LogP contribution in [0.4, 0.5) is 10.7 Å². The Morgan fingerprint density at radius 2 is 1.31 bits per heavy atom. The molecule has 7 atom stereocenters. The molecule has 6 unspecified atom stereocenters. The number of Topliss-reactive ketones (excluding diaryl/α,β-unsaturated/α-hetero) is 1. The highest BCUT2D eigenvalue weighted by atomic mass is 32.2. The second-order valence-electron chi connectivity index (χ2n) is 27.5. The number of unbranched alkanes of at least 4 members (excludes halogenated alkanes) is 5. The number of carbonyl (C=O) groups is 3. The first-order valence-electron chi connectivity index (χ1n) is 33.3. The fraction of sp³-hybridized carbons (Fsp3) is 0.547. The zero-order chi connectivity index (χ0) is 62.0. The number of hydrogen-bond donors (Lipinski definition) is 1. The molecule has 1 fully saturated rings. The number of anilines is 1. The van der Waals surface area contributed by atoms with Crippen LogP contribution in [0.1, 0.15) is 266 Å². The molecule has 0 radical (unpaired) electrons. The fourth-order valence-corrected chi connectivity index (χ4v) is 22.4. The second kappa shape index (κ2) is 26.4. The summed E-state index contributed by atoms with van der Waals surface area (Å²) < 4.78 is 0. The van der Waals surface area contributed by atoms with E-state index >= 15 is 0 Å².